The highest BCUT2D eigenvalue weighted by Gasteiger charge is 2.17. The van der Waals surface area contributed by atoms with Gasteiger partial charge in [-0.25, -0.2) is 4.79 Å². The minimum atomic E-state index is -0.384. The van der Waals surface area contributed by atoms with Crippen molar-refractivity contribution >= 4 is 11.5 Å². The smallest absolute Gasteiger partial charge is 0.350 e. The van der Waals surface area contributed by atoms with Crippen LogP contribution in [0.5, 0.6) is 0 Å². The molecule has 5 nitrogen and oxygen atoms in total. The molecule has 1 aromatic rings. The molecule has 5 heteroatoms. The first-order chi connectivity index (χ1) is 6.73. The average Bonchev–Trinajstić information content (AvgIpc) is 2.00. The minimum absolute atomic E-state index is 0.119. The molecule has 0 aromatic carbocycles. The third-order valence-corrected chi connectivity index (χ3v) is 2.08. The second-order valence-electron chi connectivity index (χ2n) is 4.49. The normalized spacial score (nSPS) is 11.5. The highest BCUT2D eigenvalue weighted by molar-refractivity contribution is 5.99. The van der Waals surface area contributed by atoms with Crippen LogP contribution in [0.1, 0.15) is 33.3 Å². The first-order valence-corrected chi connectivity index (χ1v) is 4.68. The standard InChI is InChI=1S/C10H16N4O/c1-6(11)7-5-14(10(2,3)4)9(15)13-8(7)12/h5,11H,1-4H3,(H2,12,13,15). The monoisotopic (exact) mass is 208 g/mol. The van der Waals surface area contributed by atoms with E-state index in [1.165, 1.54) is 4.57 Å². The highest BCUT2D eigenvalue weighted by Crippen LogP contribution is 2.13. The van der Waals surface area contributed by atoms with Gasteiger partial charge in [0.15, 0.2) is 0 Å². The summed E-state index contributed by atoms with van der Waals surface area (Å²) in [7, 11) is 0. The van der Waals surface area contributed by atoms with Gasteiger partial charge in [0.05, 0.1) is 5.56 Å². The Balaban J connectivity index is 3.51. The van der Waals surface area contributed by atoms with E-state index in [9.17, 15) is 4.79 Å². The predicted octanol–water partition coefficient (Wildman–Crippen LogP) is 0.968. The van der Waals surface area contributed by atoms with Crippen molar-refractivity contribution in [1.29, 1.82) is 5.41 Å². The van der Waals surface area contributed by atoms with Gasteiger partial charge in [-0.1, -0.05) is 0 Å². The van der Waals surface area contributed by atoms with Gasteiger partial charge in [-0.3, -0.25) is 4.57 Å². The fraction of sp³-hybridized carbons (Fsp3) is 0.500. The summed E-state index contributed by atoms with van der Waals surface area (Å²) in [5, 5.41) is 7.51. The van der Waals surface area contributed by atoms with Crippen LogP contribution < -0.4 is 11.4 Å². The third-order valence-electron chi connectivity index (χ3n) is 2.08. The summed E-state index contributed by atoms with van der Waals surface area (Å²) in [6, 6.07) is 0. The van der Waals surface area contributed by atoms with E-state index in [2.05, 4.69) is 4.98 Å². The van der Waals surface area contributed by atoms with Crippen LogP contribution in [-0.2, 0) is 5.54 Å². The summed E-state index contributed by atoms with van der Waals surface area (Å²) in [6.45, 7) is 7.31. The number of hydrogen-bond donors (Lipinski definition) is 2. The quantitative estimate of drug-likeness (QED) is 0.674. The van der Waals surface area contributed by atoms with E-state index >= 15 is 0 Å². The van der Waals surface area contributed by atoms with Gasteiger partial charge in [0.1, 0.15) is 5.82 Å². The van der Waals surface area contributed by atoms with Crippen molar-refractivity contribution in [1.82, 2.24) is 9.55 Å². The number of nitrogen functional groups attached to an aromatic ring is 1. The van der Waals surface area contributed by atoms with E-state index in [4.69, 9.17) is 11.1 Å². The first kappa shape index (κ1) is 11.4. The van der Waals surface area contributed by atoms with Crippen molar-refractivity contribution < 1.29 is 0 Å². The van der Waals surface area contributed by atoms with Crippen molar-refractivity contribution in [3.63, 3.8) is 0 Å². The molecule has 1 rings (SSSR count). The van der Waals surface area contributed by atoms with Crippen molar-refractivity contribution in [3.05, 3.63) is 22.2 Å². The number of aromatic nitrogens is 2. The fourth-order valence-electron chi connectivity index (χ4n) is 1.24. The molecule has 3 N–H and O–H groups in total. The van der Waals surface area contributed by atoms with Crippen LogP contribution in [0.3, 0.4) is 0 Å². The largest absolute Gasteiger partial charge is 0.383 e. The Morgan fingerprint density at radius 2 is 2.07 bits per heavy atom. The van der Waals surface area contributed by atoms with E-state index < -0.39 is 0 Å². The third kappa shape index (κ3) is 2.23. The zero-order chi connectivity index (χ0) is 11.8. The second kappa shape index (κ2) is 3.49. The Morgan fingerprint density at radius 1 is 1.53 bits per heavy atom. The fourth-order valence-corrected chi connectivity index (χ4v) is 1.24. The van der Waals surface area contributed by atoms with Crippen LogP contribution in [0.25, 0.3) is 0 Å². The summed E-state index contributed by atoms with van der Waals surface area (Å²) < 4.78 is 1.48. The van der Waals surface area contributed by atoms with Crippen molar-refractivity contribution in [2.75, 3.05) is 5.73 Å². The molecular formula is C10H16N4O. The van der Waals surface area contributed by atoms with Crippen LogP contribution in [-0.4, -0.2) is 15.3 Å². The zero-order valence-electron chi connectivity index (χ0n) is 9.46. The molecule has 1 aromatic heterocycles. The van der Waals surface area contributed by atoms with E-state index in [1.807, 2.05) is 20.8 Å². The lowest BCUT2D eigenvalue weighted by atomic mass is 10.1. The Morgan fingerprint density at radius 3 is 2.47 bits per heavy atom. The molecule has 15 heavy (non-hydrogen) atoms. The number of rotatable bonds is 1. The zero-order valence-corrected chi connectivity index (χ0v) is 9.46. The maximum atomic E-state index is 11.6. The Kier molecular flexibility index (Phi) is 2.66. The molecule has 0 radical (unpaired) electrons. The SMILES string of the molecule is CC(=N)c1cn(C(C)(C)C)c(=O)nc1N. The molecular weight excluding hydrogens is 192 g/mol. The van der Waals surface area contributed by atoms with Crippen molar-refractivity contribution in [3.8, 4) is 0 Å². The molecule has 0 amide bonds. The molecule has 0 atom stereocenters. The predicted molar refractivity (Wildman–Crippen MR) is 60.4 cm³/mol. The van der Waals surface area contributed by atoms with Crippen LogP contribution in [0.15, 0.2) is 11.0 Å². The molecule has 0 aliphatic heterocycles. The van der Waals surface area contributed by atoms with E-state index in [0.29, 0.717) is 11.3 Å². The van der Waals surface area contributed by atoms with Crippen LogP contribution in [0.2, 0.25) is 0 Å². The molecule has 0 fully saturated rings. The maximum absolute atomic E-state index is 11.6. The van der Waals surface area contributed by atoms with Crippen molar-refractivity contribution in [2.45, 2.75) is 33.2 Å². The van der Waals surface area contributed by atoms with Crippen LogP contribution >= 0.6 is 0 Å². The molecule has 1 heterocycles. The Bertz CT molecular complexity index is 453. The van der Waals surface area contributed by atoms with E-state index in [1.54, 1.807) is 13.1 Å². The summed E-state index contributed by atoms with van der Waals surface area (Å²) in [4.78, 5) is 15.3. The molecule has 0 spiro atoms. The van der Waals surface area contributed by atoms with Gasteiger partial charge in [0, 0.05) is 17.4 Å². The van der Waals surface area contributed by atoms with Gasteiger partial charge in [-0.05, 0) is 27.7 Å². The lowest BCUT2D eigenvalue weighted by Gasteiger charge is -2.22. The number of nitrogens with one attached hydrogen (secondary N) is 1. The number of nitrogens with two attached hydrogens (primary N) is 1. The lowest BCUT2D eigenvalue weighted by molar-refractivity contribution is 0.377. The second-order valence-corrected chi connectivity index (χ2v) is 4.49. The molecule has 0 saturated carbocycles. The molecule has 0 bridgehead atoms. The summed E-state index contributed by atoms with van der Waals surface area (Å²) in [6.07, 6.45) is 1.59. The van der Waals surface area contributed by atoms with E-state index in [0.717, 1.165) is 0 Å². The van der Waals surface area contributed by atoms with Gasteiger partial charge in [0.25, 0.3) is 0 Å². The van der Waals surface area contributed by atoms with Gasteiger partial charge < -0.3 is 11.1 Å². The molecule has 82 valence electrons. The van der Waals surface area contributed by atoms with Crippen molar-refractivity contribution in [2.24, 2.45) is 0 Å². The summed E-state index contributed by atoms with van der Waals surface area (Å²) in [5.41, 5.74) is 5.63. The lowest BCUT2D eigenvalue weighted by Crippen LogP contribution is -2.36. The Labute approximate surface area is 88.5 Å². The highest BCUT2D eigenvalue weighted by atomic mass is 16.1. The molecule has 0 saturated heterocycles. The summed E-state index contributed by atoms with van der Waals surface area (Å²) >= 11 is 0. The molecule has 0 aliphatic rings. The summed E-state index contributed by atoms with van der Waals surface area (Å²) in [5.74, 6) is 0.119. The Hall–Kier alpha value is -1.65. The maximum Gasteiger partial charge on any atom is 0.350 e. The van der Waals surface area contributed by atoms with Gasteiger partial charge in [0.2, 0.25) is 0 Å². The topological polar surface area (TPSA) is 84.8 Å². The molecule has 0 aliphatic carbocycles. The average molecular weight is 208 g/mol. The first-order valence-electron chi connectivity index (χ1n) is 4.68. The van der Waals surface area contributed by atoms with Gasteiger partial charge in [-0.2, -0.15) is 4.98 Å². The van der Waals surface area contributed by atoms with Crippen LogP contribution in [0.4, 0.5) is 5.82 Å². The number of hydrogen-bond acceptors (Lipinski definition) is 4. The number of anilines is 1. The van der Waals surface area contributed by atoms with Gasteiger partial charge >= 0.3 is 5.69 Å². The number of nitrogens with zero attached hydrogens (tertiary/aromatic N) is 2. The van der Waals surface area contributed by atoms with Gasteiger partial charge in [-0.15, -0.1) is 0 Å². The minimum Gasteiger partial charge on any atom is -0.383 e. The molecule has 0 unspecified atom stereocenters. The van der Waals surface area contributed by atoms with E-state index in [-0.39, 0.29) is 17.0 Å². The van der Waals surface area contributed by atoms with Crippen LogP contribution in [0, 0.1) is 5.41 Å².